The summed E-state index contributed by atoms with van der Waals surface area (Å²) in [5.41, 5.74) is 7.24. The number of aromatic nitrogens is 3. The lowest BCUT2D eigenvalue weighted by Crippen LogP contribution is -2.36. The van der Waals surface area contributed by atoms with E-state index >= 15 is 0 Å². The van der Waals surface area contributed by atoms with Crippen molar-refractivity contribution >= 4 is 13.7 Å². The predicted octanol–water partition coefficient (Wildman–Crippen LogP) is 1.28. The van der Waals surface area contributed by atoms with E-state index < -0.39 is 44.6 Å². The lowest BCUT2D eigenvalue weighted by atomic mass is 10.1. The van der Waals surface area contributed by atoms with Gasteiger partial charge >= 0.3 is 13.4 Å². The van der Waals surface area contributed by atoms with Gasteiger partial charge in [-0.1, -0.05) is 54.6 Å². The number of hydrogen-bond donors (Lipinski definition) is 4. The third kappa shape index (κ3) is 6.23. The smallest absolute Gasteiger partial charge is 0.387 e. The Balaban J connectivity index is 1.46. The Kier molecular flexibility index (Phi) is 8.27. The minimum absolute atomic E-state index is 0.0171. The van der Waals surface area contributed by atoms with Gasteiger partial charge in [-0.25, -0.2) is 19.4 Å². The average molecular weight is 517 g/mol. The number of nitrogens with two attached hydrogens (primary N) is 1. The van der Waals surface area contributed by atoms with Gasteiger partial charge in [0.25, 0.3) is 0 Å². The molecule has 0 saturated carbocycles. The molecule has 2 heterocycles. The van der Waals surface area contributed by atoms with E-state index in [9.17, 15) is 19.6 Å². The number of aryl methyl sites for hydroxylation is 1. The van der Waals surface area contributed by atoms with Crippen molar-refractivity contribution in [3.8, 4) is 0 Å². The monoisotopic (exact) mass is 517 g/mol. The highest BCUT2D eigenvalue weighted by Crippen LogP contribution is 2.46. The summed E-state index contributed by atoms with van der Waals surface area (Å²) < 4.78 is 31.5. The van der Waals surface area contributed by atoms with Crippen molar-refractivity contribution in [3.63, 3.8) is 0 Å². The minimum Gasteiger partial charge on any atom is -0.387 e. The van der Waals surface area contributed by atoms with Gasteiger partial charge in [-0.2, -0.15) is 4.98 Å². The van der Waals surface area contributed by atoms with E-state index in [-0.39, 0.29) is 19.1 Å². The summed E-state index contributed by atoms with van der Waals surface area (Å²) in [7, 11) is -3.91. The summed E-state index contributed by atoms with van der Waals surface area (Å²) in [5, 5.41) is 23.8. The molecular formula is C23H28N5O7P. The van der Waals surface area contributed by atoms with Gasteiger partial charge in [-0.05, 0) is 23.6 Å². The van der Waals surface area contributed by atoms with E-state index in [0.717, 1.165) is 27.6 Å². The highest BCUT2D eigenvalue weighted by atomic mass is 31.2. The number of nitrogen functional groups attached to an aromatic ring is 1. The molecule has 2 aromatic carbocycles. The summed E-state index contributed by atoms with van der Waals surface area (Å²) in [6.07, 6.45) is -4.28. The Bertz CT molecular complexity index is 1270. The summed E-state index contributed by atoms with van der Waals surface area (Å²) in [6, 6.07) is 16.8. The zero-order valence-corrected chi connectivity index (χ0v) is 20.4. The number of aliphatic hydroxyl groups excluding tert-OH is 2. The second-order valence-electron chi connectivity index (χ2n) is 8.26. The summed E-state index contributed by atoms with van der Waals surface area (Å²) in [4.78, 5) is 19.3. The van der Waals surface area contributed by atoms with Crippen molar-refractivity contribution in [2.45, 2.75) is 44.6 Å². The topological polar surface area (TPSA) is 171 Å². The number of aliphatic hydroxyl groups is 2. The number of hydrogen-bond acceptors (Lipinski definition) is 10. The van der Waals surface area contributed by atoms with Crippen LogP contribution in [-0.2, 0) is 31.5 Å². The van der Waals surface area contributed by atoms with Gasteiger partial charge in [-0.3, -0.25) is 13.6 Å². The fourth-order valence-electron chi connectivity index (χ4n) is 3.64. The first-order valence-electron chi connectivity index (χ1n) is 11.2. The molecule has 1 unspecified atom stereocenters. The number of benzene rings is 2. The van der Waals surface area contributed by atoms with E-state index in [1.807, 2.05) is 61.5 Å². The number of anilines is 1. The van der Waals surface area contributed by atoms with Crippen molar-refractivity contribution in [3.05, 3.63) is 88.1 Å². The fourth-order valence-corrected chi connectivity index (χ4v) is 4.92. The third-order valence-electron chi connectivity index (χ3n) is 5.74. The van der Waals surface area contributed by atoms with Gasteiger partial charge in [0.2, 0.25) is 5.95 Å². The van der Waals surface area contributed by atoms with Crippen LogP contribution in [0, 0.1) is 6.92 Å². The highest BCUT2D eigenvalue weighted by Gasteiger charge is 2.45. The molecule has 0 aliphatic carbocycles. The molecule has 1 saturated heterocycles. The van der Waals surface area contributed by atoms with Crippen molar-refractivity contribution < 1.29 is 28.6 Å². The van der Waals surface area contributed by atoms with E-state index in [4.69, 9.17) is 19.5 Å². The second kappa shape index (κ2) is 11.4. The summed E-state index contributed by atoms with van der Waals surface area (Å²) in [6.45, 7) is 1.73. The molecule has 1 aromatic heterocycles. The molecular weight excluding hydrogens is 489 g/mol. The van der Waals surface area contributed by atoms with Gasteiger partial charge in [-0.15, -0.1) is 0 Å². The maximum absolute atomic E-state index is 13.6. The average Bonchev–Trinajstić information content (AvgIpc) is 3.15. The molecule has 5 N–H and O–H groups in total. The first kappa shape index (κ1) is 26.1. The molecule has 0 amide bonds. The van der Waals surface area contributed by atoms with Crippen molar-refractivity contribution in [1.82, 2.24) is 19.6 Å². The molecule has 12 nitrogen and oxygen atoms in total. The summed E-state index contributed by atoms with van der Waals surface area (Å²) >= 11 is 0. The predicted molar refractivity (Wildman–Crippen MR) is 129 cm³/mol. The van der Waals surface area contributed by atoms with Gasteiger partial charge in [0.05, 0.1) is 13.2 Å². The van der Waals surface area contributed by atoms with Gasteiger partial charge in [0.15, 0.2) is 6.23 Å². The minimum atomic E-state index is -3.91. The SMILES string of the molecule is Cc1ccccc1COP(=O)(NCc1ccccc1)OC[C@H]1O[C@@H](n2cnc(N)nc2=O)[C@H](O)[C@@H]1O. The molecule has 36 heavy (non-hydrogen) atoms. The molecule has 13 heteroatoms. The Hall–Kier alpha value is -2.96. The second-order valence-corrected chi connectivity index (χ2v) is 10.1. The first-order valence-corrected chi connectivity index (χ1v) is 12.7. The largest absolute Gasteiger partial charge is 0.406 e. The van der Waals surface area contributed by atoms with Crippen LogP contribution >= 0.6 is 7.75 Å². The molecule has 0 bridgehead atoms. The van der Waals surface area contributed by atoms with Crippen LogP contribution in [0.25, 0.3) is 0 Å². The van der Waals surface area contributed by atoms with E-state index in [1.54, 1.807) is 0 Å². The fraction of sp³-hybridized carbons (Fsp3) is 0.348. The van der Waals surface area contributed by atoms with Crippen LogP contribution in [0.3, 0.4) is 0 Å². The molecule has 5 atom stereocenters. The van der Waals surface area contributed by atoms with Crippen LogP contribution in [0.15, 0.2) is 65.7 Å². The van der Waals surface area contributed by atoms with E-state index in [0.29, 0.717) is 0 Å². The zero-order chi connectivity index (χ0) is 25.7. The number of rotatable bonds is 10. The van der Waals surface area contributed by atoms with Crippen LogP contribution in [-0.4, -0.2) is 49.7 Å². The maximum Gasteiger partial charge on any atom is 0.406 e. The van der Waals surface area contributed by atoms with Crippen LogP contribution in [0.2, 0.25) is 0 Å². The number of ether oxygens (including phenoxy) is 1. The quantitative estimate of drug-likeness (QED) is 0.286. The molecule has 1 fully saturated rings. The Morgan fingerprint density at radius 3 is 2.56 bits per heavy atom. The normalized spacial score (nSPS) is 23.4. The van der Waals surface area contributed by atoms with Crippen molar-refractivity contribution in [2.24, 2.45) is 0 Å². The lowest BCUT2D eigenvalue weighted by Gasteiger charge is -2.22. The van der Waals surface area contributed by atoms with E-state index in [1.165, 1.54) is 0 Å². The van der Waals surface area contributed by atoms with Crippen molar-refractivity contribution in [2.75, 3.05) is 12.3 Å². The molecule has 0 spiro atoms. The standard InChI is InChI=1S/C23H28N5O7P/c1-15-7-5-6-10-17(15)12-33-36(32,26-11-16-8-3-2-4-9-16)34-13-18-19(29)20(30)21(35-18)28-14-25-22(24)27-23(28)31/h2-10,14,18-21,29-30H,11-13H2,1H3,(H,26,32)(H2,24,27,31)/t18-,19-,20-,21-,36?/m1/s1. The third-order valence-corrected chi connectivity index (χ3v) is 7.24. The van der Waals surface area contributed by atoms with Gasteiger partial charge < -0.3 is 20.7 Å². The van der Waals surface area contributed by atoms with Crippen LogP contribution < -0.4 is 16.5 Å². The molecule has 1 aliphatic rings. The Morgan fingerprint density at radius 2 is 1.83 bits per heavy atom. The van der Waals surface area contributed by atoms with Gasteiger partial charge in [0, 0.05) is 6.54 Å². The van der Waals surface area contributed by atoms with Crippen LogP contribution in [0.1, 0.15) is 22.9 Å². The molecule has 4 rings (SSSR count). The number of nitrogens with zero attached hydrogens (tertiary/aromatic N) is 3. The Morgan fingerprint density at radius 1 is 1.11 bits per heavy atom. The highest BCUT2D eigenvalue weighted by molar-refractivity contribution is 7.51. The lowest BCUT2D eigenvalue weighted by molar-refractivity contribution is -0.0539. The summed E-state index contributed by atoms with van der Waals surface area (Å²) in [5.74, 6) is -0.236. The maximum atomic E-state index is 13.6. The number of nitrogens with one attached hydrogen (secondary N) is 1. The Labute approximate surface area is 207 Å². The van der Waals surface area contributed by atoms with Crippen molar-refractivity contribution in [1.29, 1.82) is 0 Å². The van der Waals surface area contributed by atoms with Crippen LogP contribution in [0.5, 0.6) is 0 Å². The molecule has 0 radical (unpaired) electrons. The van der Waals surface area contributed by atoms with E-state index in [2.05, 4.69) is 15.1 Å². The van der Waals surface area contributed by atoms with Gasteiger partial charge in [0.1, 0.15) is 24.6 Å². The first-order chi connectivity index (χ1) is 17.3. The zero-order valence-electron chi connectivity index (χ0n) is 19.5. The molecule has 192 valence electrons. The molecule has 1 aliphatic heterocycles. The molecule has 3 aromatic rings. The van der Waals surface area contributed by atoms with Crippen LogP contribution in [0.4, 0.5) is 5.95 Å².